The molecular formula is C15H25NS. The number of rotatable bonds is 6. The Morgan fingerprint density at radius 3 is 2.41 bits per heavy atom. The molecule has 17 heavy (non-hydrogen) atoms. The van der Waals surface area contributed by atoms with Gasteiger partial charge in [-0.05, 0) is 44.6 Å². The molecule has 1 unspecified atom stereocenters. The highest BCUT2D eigenvalue weighted by molar-refractivity contribution is 7.98. The molecule has 1 aromatic carbocycles. The first-order chi connectivity index (χ1) is 7.97. The van der Waals surface area contributed by atoms with Crippen molar-refractivity contribution in [2.75, 3.05) is 12.3 Å². The zero-order valence-electron chi connectivity index (χ0n) is 11.5. The normalized spacial score (nSPS) is 13.6. The first-order valence-electron chi connectivity index (χ1n) is 6.34. The van der Waals surface area contributed by atoms with E-state index < -0.39 is 0 Å². The van der Waals surface area contributed by atoms with Crippen LogP contribution >= 0.6 is 11.8 Å². The molecule has 0 saturated heterocycles. The van der Waals surface area contributed by atoms with Crippen molar-refractivity contribution in [1.82, 2.24) is 5.32 Å². The van der Waals surface area contributed by atoms with Crippen molar-refractivity contribution in [2.45, 2.75) is 39.0 Å². The van der Waals surface area contributed by atoms with E-state index in [0.717, 1.165) is 18.2 Å². The summed E-state index contributed by atoms with van der Waals surface area (Å²) in [6, 6.07) is 10.7. The van der Waals surface area contributed by atoms with Crippen LogP contribution in [-0.4, -0.2) is 17.8 Å². The molecule has 2 heteroatoms. The van der Waals surface area contributed by atoms with Gasteiger partial charge in [-0.15, -0.1) is 0 Å². The molecular weight excluding hydrogens is 226 g/mol. The molecule has 0 aromatic heterocycles. The smallest absolute Gasteiger partial charge is 0.0184 e. The van der Waals surface area contributed by atoms with Crippen LogP contribution in [0, 0.1) is 5.92 Å². The fourth-order valence-corrected chi connectivity index (χ4v) is 2.56. The summed E-state index contributed by atoms with van der Waals surface area (Å²) in [4.78, 5) is 0. The molecule has 0 heterocycles. The molecule has 0 fully saturated rings. The number of hydrogen-bond acceptors (Lipinski definition) is 2. The molecule has 0 amide bonds. The summed E-state index contributed by atoms with van der Waals surface area (Å²) in [6.07, 6.45) is 0. The van der Waals surface area contributed by atoms with Gasteiger partial charge in [-0.3, -0.25) is 0 Å². The lowest BCUT2D eigenvalue weighted by atomic mass is 10.1. The molecule has 0 aliphatic heterocycles. The van der Waals surface area contributed by atoms with Crippen molar-refractivity contribution in [2.24, 2.45) is 5.92 Å². The summed E-state index contributed by atoms with van der Waals surface area (Å²) in [7, 11) is 0. The highest BCUT2D eigenvalue weighted by Crippen LogP contribution is 2.15. The Labute approximate surface area is 110 Å². The summed E-state index contributed by atoms with van der Waals surface area (Å²) in [6.45, 7) is 10.1. The number of thioether (sulfide) groups is 1. The Hall–Kier alpha value is -0.470. The van der Waals surface area contributed by atoms with Gasteiger partial charge in [-0.25, -0.2) is 0 Å². The van der Waals surface area contributed by atoms with Crippen LogP contribution in [-0.2, 0) is 5.75 Å². The van der Waals surface area contributed by atoms with Gasteiger partial charge in [-0.1, -0.05) is 37.3 Å². The number of nitrogens with one attached hydrogen (secondary N) is 1. The van der Waals surface area contributed by atoms with Crippen molar-refractivity contribution in [3.05, 3.63) is 35.9 Å². The predicted molar refractivity (Wildman–Crippen MR) is 79.5 cm³/mol. The quantitative estimate of drug-likeness (QED) is 0.822. The minimum atomic E-state index is 0.234. The lowest BCUT2D eigenvalue weighted by Crippen LogP contribution is -2.39. The topological polar surface area (TPSA) is 12.0 Å². The molecule has 0 aliphatic carbocycles. The molecule has 0 bridgehead atoms. The summed E-state index contributed by atoms with van der Waals surface area (Å²) < 4.78 is 0. The number of benzene rings is 1. The van der Waals surface area contributed by atoms with E-state index >= 15 is 0 Å². The number of hydrogen-bond donors (Lipinski definition) is 1. The Bertz CT molecular complexity index is 302. The van der Waals surface area contributed by atoms with Gasteiger partial charge in [0, 0.05) is 11.3 Å². The van der Waals surface area contributed by atoms with Gasteiger partial charge in [0.05, 0.1) is 0 Å². The summed E-state index contributed by atoms with van der Waals surface area (Å²) in [5.41, 5.74) is 1.66. The van der Waals surface area contributed by atoms with Gasteiger partial charge in [0.25, 0.3) is 0 Å². The molecule has 1 nitrogen and oxygen atoms in total. The highest BCUT2D eigenvalue weighted by atomic mass is 32.2. The third-order valence-electron chi connectivity index (χ3n) is 2.49. The lowest BCUT2D eigenvalue weighted by molar-refractivity contribution is 0.395. The molecule has 1 atom stereocenters. The average molecular weight is 251 g/mol. The van der Waals surface area contributed by atoms with Crippen molar-refractivity contribution in [3.8, 4) is 0 Å². The second kappa shape index (κ2) is 7.07. The van der Waals surface area contributed by atoms with E-state index in [1.807, 2.05) is 11.8 Å². The van der Waals surface area contributed by atoms with Crippen LogP contribution in [0.4, 0.5) is 0 Å². The summed E-state index contributed by atoms with van der Waals surface area (Å²) in [5, 5.41) is 3.56. The van der Waals surface area contributed by atoms with Crippen molar-refractivity contribution in [3.63, 3.8) is 0 Å². The molecule has 0 spiro atoms. The van der Waals surface area contributed by atoms with Crippen LogP contribution in [0.1, 0.15) is 33.3 Å². The summed E-state index contributed by atoms with van der Waals surface area (Å²) >= 11 is 2.03. The Morgan fingerprint density at radius 2 is 1.82 bits per heavy atom. The van der Waals surface area contributed by atoms with Gasteiger partial charge in [0.1, 0.15) is 0 Å². The second-order valence-corrected chi connectivity index (χ2v) is 6.77. The highest BCUT2D eigenvalue weighted by Gasteiger charge is 2.10. The van der Waals surface area contributed by atoms with E-state index in [2.05, 4.69) is 63.3 Å². The molecule has 1 aromatic rings. The van der Waals surface area contributed by atoms with Crippen LogP contribution in [0.2, 0.25) is 0 Å². The molecule has 0 aliphatic rings. The minimum absolute atomic E-state index is 0.234. The molecule has 1 N–H and O–H groups in total. The van der Waals surface area contributed by atoms with Crippen LogP contribution < -0.4 is 5.32 Å². The van der Waals surface area contributed by atoms with E-state index in [9.17, 15) is 0 Å². The monoisotopic (exact) mass is 251 g/mol. The lowest BCUT2D eigenvalue weighted by Gasteiger charge is -2.23. The first kappa shape index (κ1) is 14.6. The van der Waals surface area contributed by atoms with E-state index in [0.29, 0.717) is 0 Å². The molecule has 0 saturated carbocycles. The van der Waals surface area contributed by atoms with Crippen LogP contribution in [0.3, 0.4) is 0 Å². The Balaban J connectivity index is 2.14. The van der Waals surface area contributed by atoms with Crippen LogP contribution in [0.15, 0.2) is 30.3 Å². The fourth-order valence-electron chi connectivity index (χ4n) is 1.49. The van der Waals surface area contributed by atoms with Crippen LogP contribution in [0.25, 0.3) is 0 Å². The van der Waals surface area contributed by atoms with Crippen molar-refractivity contribution >= 4 is 11.8 Å². The minimum Gasteiger partial charge on any atom is -0.312 e. The Morgan fingerprint density at radius 1 is 1.18 bits per heavy atom. The summed E-state index contributed by atoms with van der Waals surface area (Å²) in [5.74, 6) is 3.07. The third kappa shape index (κ3) is 7.45. The standard InChI is InChI=1S/C15H25NS/c1-13(10-16-15(2,3)4)11-17-12-14-8-6-5-7-9-14/h5-9,13,16H,10-12H2,1-4H3. The van der Waals surface area contributed by atoms with E-state index in [1.54, 1.807) is 0 Å². The fraction of sp³-hybridized carbons (Fsp3) is 0.600. The van der Waals surface area contributed by atoms with Crippen LogP contribution in [0.5, 0.6) is 0 Å². The first-order valence-corrected chi connectivity index (χ1v) is 7.49. The maximum Gasteiger partial charge on any atom is 0.0184 e. The van der Waals surface area contributed by atoms with E-state index in [-0.39, 0.29) is 5.54 Å². The second-order valence-electron chi connectivity index (χ2n) is 5.74. The maximum absolute atomic E-state index is 3.56. The zero-order chi connectivity index (χ0) is 12.7. The van der Waals surface area contributed by atoms with E-state index in [4.69, 9.17) is 0 Å². The molecule has 1 rings (SSSR count). The molecule has 96 valence electrons. The Kier molecular flexibility index (Phi) is 6.07. The third-order valence-corrected chi connectivity index (χ3v) is 3.84. The van der Waals surface area contributed by atoms with E-state index in [1.165, 1.54) is 11.3 Å². The largest absolute Gasteiger partial charge is 0.312 e. The van der Waals surface area contributed by atoms with Gasteiger partial charge < -0.3 is 5.32 Å². The molecule has 0 radical (unpaired) electrons. The average Bonchev–Trinajstić information content (AvgIpc) is 2.27. The van der Waals surface area contributed by atoms with Gasteiger partial charge in [0.2, 0.25) is 0 Å². The predicted octanol–water partition coefficient (Wildman–Crippen LogP) is 3.94. The van der Waals surface area contributed by atoms with Crippen molar-refractivity contribution in [1.29, 1.82) is 0 Å². The van der Waals surface area contributed by atoms with Gasteiger partial charge in [-0.2, -0.15) is 11.8 Å². The SMILES string of the molecule is CC(CNC(C)(C)C)CSCc1ccccc1. The maximum atomic E-state index is 3.56. The van der Waals surface area contributed by atoms with Gasteiger partial charge >= 0.3 is 0 Å². The van der Waals surface area contributed by atoms with Gasteiger partial charge in [0.15, 0.2) is 0 Å². The van der Waals surface area contributed by atoms with Crippen molar-refractivity contribution < 1.29 is 0 Å². The zero-order valence-corrected chi connectivity index (χ0v) is 12.3.